The maximum Gasteiger partial charge on any atom is 0.219 e. The van der Waals surface area contributed by atoms with Gasteiger partial charge in [0.1, 0.15) is 6.61 Å². The molecule has 2 fully saturated rings. The molecule has 3 aliphatic heterocycles. The standard InChI is InChI=1S/C31H35ClN4O2/c1-33-17-21-7-5-14-36(18-21)28-16-30(38-19-23-10-6-13-35(23)2)34-27-15-29(37-20-25(27)28)24-11-3-8-22-9-4-12-26(32)31(22)24/h3-4,8-9,11-12,16,21,23,29H,5-7,10,13-15,17-20H2,2H3/t21-,23-,29?/m0/s1. The van der Waals surface area contributed by atoms with Crippen LogP contribution in [0.2, 0.25) is 5.02 Å². The van der Waals surface area contributed by atoms with Crippen molar-refractivity contribution in [3.63, 3.8) is 0 Å². The van der Waals surface area contributed by atoms with Crippen LogP contribution < -0.4 is 9.64 Å². The third-order valence-electron chi connectivity index (χ3n) is 8.51. The number of rotatable bonds is 6. The van der Waals surface area contributed by atoms with E-state index in [9.17, 15) is 0 Å². The number of fused-ring (bicyclic) bond motifs is 2. The molecule has 0 radical (unpaired) electrons. The van der Waals surface area contributed by atoms with Crippen molar-refractivity contribution in [2.24, 2.45) is 5.92 Å². The van der Waals surface area contributed by atoms with Crippen molar-refractivity contribution in [2.75, 3.05) is 44.7 Å². The van der Waals surface area contributed by atoms with Gasteiger partial charge in [-0.2, -0.15) is 0 Å². The average Bonchev–Trinajstić information content (AvgIpc) is 3.35. The minimum absolute atomic E-state index is 0.126. The van der Waals surface area contributed by atoms with Crippen molar-refractivity contribution >= 4 is 28.1 Å². The molecule has 198 valence electrons. The second kappa shape index (κ2) is 11.1. The second-order valence-corrected chi connectivity index (χ2v) is 11.4. The molecule has 2 saturated heterocycles. The highest BCUT2D eigenvalue weighted by Gasteiger charge is 2.31. The van der Waals surface area contributed by atoms with Gasteiger partial charge in [0.2, 0.25) is 12.4 Å². The fraction of sp³-hybridized carbons (Fsp3) is 0.484. The molecule has 0 bridgehead atoms. The van der Waals surface area contributed by atoms with Gasteiger partial charge in [-0.3, -0.25) is 0 Å². The van der Waals surface area contributed by atoms with Gasteiger partial charge in [0.05, 0.1) is 18.4 Å². The number of hydrogen-bond donors (Lipinski definition) is 0. The first kappa shape index (κ1) is 25.4. The number of piperidine rings is 1. The lowest BCUT2D eigenvalue weighted by atomic mass is 9.93. The maximum atomic E-state index is 7.37. The predicted octanol–water partition coefficient (Wildman–Crippen LogP) is 6.31. The van der Waals surface area contributed by atoms with Gasteiger partial charge in [-0.05, 0) is 56.3 Å². The number of anilines is 1. The number of likely N-dealkylation sites (N-methyl/N-ethyl adjacent to an activating group) is 1. The summed E-state index contributed by atoms with van der Waals surface area (Å²) in [5.74, 6) is 1.10. The van der Waals surface area contributed by atoms with E-state index in [0.717, 1.165) is 77.2 Å². The number of halogens is 1. The third-order valence-corrected chi connectivity index (χ3v) is 8.82. The van der Waals surface area contributed by atoms with E-state index in [2.05, 4.69) is 52.0 Å². The molecule has 1 aromatic heterocycles. The maximum absolute atomic E-state index is 7.37. The van der Waals surface area contributed by atoms with E-state index in [1.165, 1.54) is 6.42 Å². The Hall–Kier alpha value is -2.85. The predicted molar refractivity (Wildman–Crippen MR) is 152 cm³/mol. The van der Waals surface area contributed by atoms with Gasteiger partial charge in [0, 0.05) is 59.2 Å². The van der Waals surface area contributed by atoms with Crippen LogP contribution in [-0.4, -0.2) is 55.8 Å². The van der Waals surface area contributed by atoms with E-state index >= 15 is 0 Å². The van der Waals surface area contributed by atoms with Gasteiger partial charge < -0.3 is 24.1 Å². The van der Waals surface area contributed by atoms with E-state index in [1.54, 1.807) is 0 Å². The summed E-state index contributed by atoms with van der Waals surface area (Å²) in [7, 11) is 2.18. The summed E-state index contributed by atoms with van der Waals surface area (Å²) >= 11 is 6.67. The summed E-state index contributed by atoms with van der Waals surface area (Å²) in [4.78, 5) is 13.6. The summed E-state index contributed by atoms with van der Waals surface area (Å²) < 4.78 is 12.9. The summed E-state index contributed by atoms with van der Waals surface area (Å²) in [6.45, 7) is 12.1. The third kappa shape index (κ3) is 5.08. The van der Waals surface area contributed by atoms with Gasteiger partial charge in [-0.25, -0.2) is 11.6 Å². The Morgan fingerprint density at radius 3 is 2.82 bits per heavy atom. The van der Waals surface area contributed by atoms with Gasteiger partial charge in [0.25, 0.3) is 0 Å². The summed E-state index contributed by atoms with van der Waals surface area (Å²) in [6.07, 6.45) is 5.14. The van der Waals surface area contributed by atoms with Crippen molar-refractivity contribution in [2.45, 2.75) is 50.9 Å². The van der Waals surface area contributed by atoms with E-state index in [0.29, 0.717) is 44.0 Å². The SMILES string of the molecule is [C-]#[N+]C[C@@H]1CCCN(c2cc(OC[C@@H]3CCCN3C)nc3c2COC(c2cccc4cccc(Cl)c24)C3)C1. The zero-order valence-corrected chi connectivity index (χ0v) is 22.8. The van der Waals surface area contributed by atoms with Crippen molar-refractivity contribution in [3.05, 3.63) is 75.7 Å². The zero-order chi connectivity index (χ0) is 26.1. The molecule has 0 saturated carbocycles. The molecule has 7 heteroatoms. The van der Waals surface area contributed by atoms with Gasteiger partial charge in [-0.15, -0.1) is 0 Å². The Morgan fingerprint density at radius 2 is 2.00 bits per heavy atom. The zero-order valence-electron chi connectivity index (χ0n) is 22.0. The summed E-state index contributed by atoms with van der Waals surface area (Å²) in [6, 6.07) is 14.9. The normalized spacial score (nSPS) is 23.8. The van der Waals surface area contributed by atoms with Crippen LogP contribution in [0, 0.1) is 12.5 Å². The molecule has 0 amide bonds. The fourth-order valence-electron chi connectivity index (χ4n) is 6.41. The van der Waals surface area contributed by atoms with Crippen molar-refractivity contribution < 1.29 is 9.47 Å². The molecule has 3 aromatic rings. The number of ether oxygens (including phenoxy) is 2. The van der Waals surface area contributed by atoms with Crippen molar-refractivity contribution in [3.8, 4) is 5.88 Å². The van der Waals surface area contributed by atoms with Crippen LogP contribution in [-0.2, 0) is 17.8 Å². The quantitative estimate of drug-likeness (QED) is 0.349. The fourth-order valence-corrected chi connectivity index (χ4v) is 6.70. The highest BCUT2D eigenvalue weighted by Crippen LogP contribution is 2.41. The largest absolute Gasteiger partial charge is 0.476 e. The van der Waals surface area contributed by atoms with E-state index in [1.807, 2.05) is 12.1 Å². The van der Waals surface area contributed by atoms with Gasteiger partial charge in [-0.1, -0.05) is 41.9 Å². The molecule has 0 aliphatic carbocycles. The lowest BCUT2D eigenvalue weighted by molar-refractivity contribution is 0.0269. The molecule has 0 N–H and O–H groups in total. The molecule has 1 unspecified atom stereocenters. The second-order valence-electron chi connectivity index (χ2n) is 11.0. The first-order chi connectivity index (χ1) is 18.6. The minimum atomic E-state index is -0.126. The first-order valence-corrected chi connectivity index (χ1v) is 14.2. The topological polar surface area (TPSA) is 42.2 Å². The highest BCUT2D eigenvalue weighted by atomic mass is 35.5. The Labute approximate surface area is 230 Å². The van der Waals surface area contributed by atoms with Crippen molar-refractivity contribution in [1.82, 2.24) is 9.88 Å². The molecule has 6 rings (SSSR count). The molecule has 0 spiro atoms. The number of pyridine rings is 1. The van der Waals surface area contributed by atoms with Crippen LogP contribution in [0.25, 0.3) is 15.6 Å². The highest BCUT2D eigenvalue weighted by molar-refractivity contribution is 6.35. The summed E-state index contributed by atoms with van der Waals surface area (Å²) in [5, 5.41) is 2.92. The Kier molecular flexibility index (Phi) is 7.43. The number of likely N-dealkylation sites (tertiary alicyclic amines) is 1. The van der Waals surface area contributed by atoms with Crippen LogP contribution >= 0.6 is 11.6 Å². The Morgan fingerprint density at radius 1 is 1.16 bits per heavy atom. The number of benzene rings is 2. The smallest absolute Gasteiger partial charge is 0.219 e. The van der Waals surface area contributed by atoms with Gasteiger partial charge in [0.15, 0.2) is 0 Å². The Balaban J connectivity index is 1.34. The van der Waals surface area contributed by atoms with Crippen LogP contribution in [0.1, 0.15) is 48.6 Å². The van der Waals surface area contributed by atoms with E-state index in [4.69, 9.17) is 32.6 Å². The van der Waals surface area contributed by atoms with Crippen LogP contribution in [0.15, 0.2) is 42.5 Å². The minimum Gasteiger partial charge on any atom is -0.476 e. The van der Waals surface area contributed by atoms with Crippen molar-refractivity contribution in [1.29, 1.82) is 0 Å². The lowest BCUT2D eigenvalue weighted by Crippen LogP contribution is -2.37. The Bertz CT molecular complexity index is 1350. The van der Waals surface area contributed by atoms with Crippen LogP contribution in [0.5, 0.6) is 5.88 Å². The van der Waals surface area contributed by atoms with Crippen LogP contribution in [0.3, 0.4) is 0 Å². The summed E-state index contributed by atoms with van der Waals surface area (Å²) in [5.41, 5.74) is 4.47. The molecular weight excluding hydrogens is 496 g/mol. The number of aromatic nitrogens is 1. The molecule has 4 heterocycles. The monoisotopic (exact) mass is 530 g/mol. The number of nitrogens with zero attached hydrogens (tertiary/aromatic N) is 4. The molecule has 6 nitrogen and oxygen atoms in total. The van der Waals surface area contributed by atoms with E-state index < -0.39 is 0 Å². The lowest BCUT2D eigenvalue weighted by Gasteiger charge is -2.36. The number of hydrogen-bond acceptors (Lipinski definition) is 5. The molecule has 3 atom stereocenters. The molecule has 2 aromatic carbocycles. The molecule has 38 heavy (non-hydrogen) atoms. The molecular formula is C31H35ClN4O2. The van der Waals surface area contributed by atoms with Gasteiger partial charge >= 0.3 is 0 Å². The molecule has 3 aliphatic rings. The van der Waals surface area contributed by atoms with E-state index in [-0.39, 0.29) is 6.10 Å². The first-order valence-electron chi connectivity index (χ1n) is 13.8. The van der Waals surface area contributed by atoms with Crippen LogP contribution in [0.4, 0.5) is 5.69 Å². The average molecular weight is 531 g/mol.